The molecule has 1 heterocycles. The van der Waals surface area contributed by atoms with Crippen LogP contribution in [0.3, 0.4) is 0 Å². The maximum absolute atomic E-state index is 2.41. The summed E-state index contributed by atoms with van der Waals surface area (Å²) in [6.45, 7) is 5.77. The van der Waals surface area contributed by atoms with Crippen LogP contribution in [0.5, 0.6) is 0 Å². The Morgan fingerprint density at radius 3 is 1.57 bits per heavy atom. The average molecular weight is 389 g/mol. The molecule has 1 aromatic rings. The van der Waals surface area contributed by atoms with Gasteiger partial charge >= 0.3 is 0 Å². The van der Waals surface area contributed by atoms with Crippen LogP contribution in [0.25, 0.3) is 0 Å². The van der Waals surface area contributed by atoms with Crippen LogP contribution in [0.4, 0.5) is 0 Å². The van der Waals surface area contributed by atoms with E-state index in [1.54, 1.807) is 0 Å². The van der Waals surface area contributed by atoms with Gasteiger partial charge in [-0.05, 0) is 25.3 Å². The molecule has 0 aliphatic carbocycles. The summed E-state index contributed by atoms with van der Waals surface area (Å²) in [4.78, 5) is 0. The summed E-state index contributed by atoms with van der Waals surface area (Å²) in [5.41, 5.74) is 1.51. The Morgan fingerprint density at radius 1 is 0.571 bits per heavy atom. The second-order valence-corrected chi connectivity index (χ2v) is 8.86. The molecule has 1 nitrogen and oxygen atoms in total. The Hall–Kier alpha value is -0.850. The summed E-state index contributed by atoms with van der Waals surface area (Å²) in [6.07, 6.45) is 31.5. The molecule has 1 rings (SSSR count). The molecule has 0 radical (unpaired) electrons. The quantitative estimate of drug-likeness (QED) is 0.155. The molecule has 1 heteroatoms. The second-order valence-electron chi connectivity index (χ2n) is 8.86. The van der Waals surface area contributed by atoms with Gasteiger partial charge in [0.25, 0.3) is 0 Å². The van der Waals surface area contributed by atoms with Crippen LogP contribution in [0.15, 0.2) is 24.5 Å². The van der Waals surface area contributed by atoms with E-state index in [1.807, 2.05) is 0 Å². The highest BCUT2D eigenvalue weighted by atomic mass is 14.9. The Balaban J connectivity index is 1.87. The summed E-state index contributed by atoms with van der Waals surface area (Å²) in [5.74, 6) is 0. The first-order valence-electron chi connectivity index (χ1n) is 12.8. The molecule has 0 bridgehead atoms. The molecule has 0 spiro atoms. The van der Waals surface area contributed by atoms with Crippen LogP contribution in [-0.2, 0) is 13.0 Å². The third-order valence-electron chi connectivity index (χ3n) is 6.01. The highest BCUT2D eigenvalue weighted by Crippen LogP contribution is 2.13. The number of pyridine rings is 1. The van der Waals surface area contributed by atoms with Gasteiger partial charge in [0, 0.05) is 18.1 Å². The molecule has 162 valence electrons. The first-order valence-corrected chi connectivity index (χ1v) is 12.8. The summed E-state index contributed by atoms with van der Waals surface area (Å²) in [7, 11) is 0. The third kappa shape index (κ3) is 15.1. The van der Waals surface area contributed by atoms with Crippen molar-refractivity contribution < 1.29 is 4.57 Å². The van der Waals surface area contributed by atoms with Crippen LogP contribution < -0.4 is 4.57 Å². The van der Waals surface area contributed by atoms with Crippen molar-refractivity contribution in [1.82, 2.24) is 0 Å². The highest BCUT2D eigenvalue weighted by Gasteiger charge is 2.03. The minimum atomic E-state index is 1.19. The van der Waals surface area contributed by atoms with Crippen molar-refractivity contribution in [3.8, 4) is 0 Å². The lowest BCUT2D eigenvalue weighted by atomic mass is 10.0. The second kappa shape index (κ2) is 19.5. The molecule has 0 unspecified atom stereocenters. The molecule has 0 N–H and O–H groups in total. The van der Waals surface area contributed by atoms with Crippen molar-refractivity contribution in [3.05, 3.63) is 30.1 Å². The van der Waals surface area contributed by atoms with E-state index in [9.17, 15) is 0 Å². The van der Waals surface area contributed by atoms with Gasteiger partial charge in [0.2, 0.25) is 0 Å². The van der Waals surface area contributed by atoms with E-state index in [4.69, 9.17) is 0 Å². The standard InChI is InChI=1S/C27H50N/c1-3-5-7-8-9-10-11-12-13-14-15-16-17-18-20-24-28-25-21-23-27(26-28)22-19-6-4-2/h21,23,25-26H,3-20,22,24H2,1-2H3/q+1. The van der Waals surface area contributed by atoms with Crippen LogP contribution in [0.2, 0.25) is 0 Å². The van der Waals surface area contributed by atoms with Gasteiger partial charge in [-0.25, -0.2) is 4.57 Å². The molecule has 0 amide bonds. The van der Waals surface area contributed by atoms with Crippen molar-refractivity contribution in [2.45, 2.75) is 142 Å². The van der Waals surface area contributed by atoms with Gasteiger partial charge in [-0.15, -0.1) is 0 Å². The first kappa shape index (κ1) is 25.2. The smallest absolute Gasteiger partial charge is 0.171 e. The topological polar surface area (TPSA) is 3.88 Å². The van der Waals surface area contributed by atoms with Crippen molar-refractivity contribution >= 4 is 0 Å². The van der Waals surface area contributed by atoms with Crippen molar-refractivity contribution in [3.63, 3.8) is 0 Å². The summed E-state index contributed by atoms with van der Waals surface area (Å²) in [6, 6.07) is 4.52. The molecule has 28 heavy (non-hydrogen) atoms. The highest BCUT2D eigenvalue weighted by molar-refractivity contribution is 5.05. The van der Waals surface area contributed by atoms with Gasteiger partial charge in [0.05, 0.1) is 0 Å². The lowest BCUT2D eigenvalue weighted by molar-refractivity contribution is -0.697. The van der Waals surface area contributed by atoms with Gasteiger partial charge < -0.3 is 0 Å². The Labute approximate surface area is 177 Å². The number of hydrogen-bond donors (Lipinski definition) is 0. The number of unbranched alkanes of at least 4 members (excludes halogenated alkanes) is 16. The van der Waals surface area contributed by atoms with E-state index < -0.39 is 0 Å². The molecule has 0 aliphatic rings. The number of hydrogen-bond acceptors (Lipinski definition) is 0. The molecule has 0 saturated heterocycles. The average Bonchev–Trinajstić information content (AvgIpc) is 2.71. The fraction of sp³-hybridized carbons (Fsp3) is 0.815. The van der Waals surface area contributed by atoms with Crippen LogP contribution in [0.1, 0.15) is 135 Å². The lowest BCUT2D eigenvalue weighted by Crippen LogP contribution is -2.33. The minimum absolute atomic E-state index is 1.19. The van der Waals surface area contributed by atoms with E-state index in [0.717, 1.165) is 0 Å². The van der Waals surface area contributed by atoms with Gasteiger partial charge in [-0.1, -0.05) is 110 Å². The third-order valence-corrected chi connectivity index (χ3v) is 6.01. The van der Waals surface area contributed by atoms with Crippen LogP contribution in [0, 0.1) is 0 Å². The first-order chi connectivity index (χ1) is 13.9. The van der Waals surface area contributed by atoms with E-state index in [1.165, 1.54) is 134 Å². The Kier molecular flexibility index (Phi) is 17.5. The van der Waals surface area contributed by atoms with Crippen molar-refractivity contribution in [2.75, 3.05) is 0 Å². The van der Waals surface area contributed by atoms with Gasteiger partial charge in [-0.2, -0.15) is 0 Å². The molecular formula is C27H50N+. The zero-order chi connectivity index (χ0) is 20.1. The Morgan fingerprint density at radius 2 is 1.04 bits per heavy atom. The maximum Gasteiger partial charge on any atom is 0.171 e. The normalized spacial score (nSPS) is 11.2. The number of nitrogens with zero attached hydrogens (tertiary/aromatic N) is 1. The molecular weight excluding hydrogens is 338 g/mol. The van der Waals surface area contributed by atoms with Crippen molar-refractivity contribution in [1.29, 1.82) is 0 Å². The van der Waals surface area contributed by atoms with E-state index in [-0.39, 0.29) is 0 Å². The van der Waals surface area contributed by atoms with E-state index >= 15 is 0 Å². The Bertz CT molecular complexity index is 440. The summed E-state index contributed by atoms with van der Waals surface area (Å²) < 4.78 is 2.41. The predicted octanol–water partition coefficient (Wildman–Crippen LogP) is 8.58. The van der Waals surface area contributed by atoms with Gasteiger partial charge in [-0.3, -0.25) is 0 Å². The van der Waals surface area contributed by atoms with Gasteiger partial charge in [0.1, 0.15) is 6.54 Å². The molecule has 0 aromatic carbocycles. The molecule has 0 aliphatic heterocycles. The molecule has 0 saturated carbocycles. The molecule has 0 atom stereocenters. The zero-order valence-corrected chi connectivity index (χ0v) is 19.4. The monoisotopic (exact) mass is 388 g/mol. The van der Waals surface area contributed by atoms with E-state index in [2.05, 4.69) is 42.9 Å². The largest absolute Gasteiger partial charge is 0.205 e. The van der Waals surface area contributed by atoms with Crippen LogP contribution >= 0.6 is 0 Å². The predicted molar refractivity (Wildman–Crippen MR) is 125 cm³/mol. The summed E-state index contributed by atoms with van der Waals surface area (Å²) in [5, 5.41) is 0. The lowest BCUT2D eigenvalue weighted by Gasteiger charge is -2.03. The number of aryl methyl sites for hydroxylation is 2. The number of rotatable bonds is 20. The zero-order valence-electron chi connectivity index (χ0n) is 19.4. The minimum Gasteiger partial charge on any atom is -0.205 e. The van der Waals surface area contributed by atoms with Gasteiger partial charge in [0.15, 0.2) is 12.4 Å². The van der Waals surface area contributed by atoms with Crippen LogP contribution in [-0.4, -0.2) is 0 Å². The molecule has 1 aromatic heterocycles. The SMILES string of the molecule is CCCCCCCCCCCCCCCCC[n+]1cccc(CCCCC)c1. The van der Waals surface area contributed by atoms with Crippen molar-refractivity contribution in [2.24, 2.45) is 0 Å². The fourth-order valence-corrected chi connectivity index (χ4v) is 4.11. The summed E-state index contributed by atoms with van der Waals surface area (Å²) >= 11 is 0. The maximum atomic E-state index is 2.41. The molecule has 0 fully saturated rings. The fourth-order valence-electron chi connectivity index (χ4n) is 4.11. The number of aromatic nitrogens is 1. The van der Waals surface area contributed by atoms with E-state index in [0.29, 0.717) is 0 Å².